The van der Waals surface area contributed by atoms with Crippen LogP contribution in [0.2, 0.25) is 0 Å². The zero-order valence-electron chi connectivity index (χ0n) is 14.6. The molecular weight excluding hydrogens is 332 g/mol. The molecule has 26 heavy (non-hydrogen) atoms. The lowest BCUT2D eigenvalue weighted by atomic mass is 10.0. The molecule has 3 aromatic rings. The summed E-state index contributed by atoms with van der Waals surface area (Å²) in [6.07, 6.45) is 3.32. The van der Waals surface area contributed by atoms with Crippen molar-refractivity contribution in [1.82, 2.24) is 25.1 Å². The second-order valence-electron chi connectivity index (χ2n) is 6.19. The molecule has 8 nitrogen and oxygen atoms in total. The Morgan fingerprint density at radius 1 is 1.23 bits per heavy atom. The van der Waals surface area contributed by atoms with Crippen molar-refractivity contribution >= 4 is 5.82 Å². The Bertz CT molecular complexity index is 861. The zero-order valence-corrected chi connectivity index (χ0v) is 14.6. The van der Waals surface area contributed by atoms with Gasteiger partial charge in [0.25, 0.3) is 0 Å². The Morgan fingerprint density at radius 2 is 2.19 bits per heavy atom. The van der Waals surface area contributed by atoms with Crippen LogP contribution in [0, 0.1) is 6.92 Å². The number of pyridine rings is 1. The van der Waals surface area contributed by atoms with Crippen LogP contribution in [-0.2, 0) is 11.2 Å². The van der Waals surface area contributed by atoms with E-state index in [0.29, 0.717) is 36.3 Å². The molecule has 1 aliphatic heterocycles. The largest absolute Gasteiger partial charge is 0.381 e. The van der Waals surface area contributed by atoms with Crippen molar-refractivity contribution in [1.29, 1.82) is 0 Å². The fourth-order valence-corrected chi connectivity index (χ4v) is 2.91. The summed E-state index contributed by atoms with van der Waals surface area (Å²) in [6, 6.07) is 7.60. The van der Waals surface area contributed by atoms with Crippen LogP contribution in [0.5, 0.6) is 0 Å². The van der Waals surface area contributed by atoms with E-state index in [1.807, 2.05) is 31.2 Å². The van der Waals surface area contributed by atoms with Gasteiger partial charge in [-0.05, 0) is 25.5 Å². The minimum atomic E-state index is 0.356. The number of hydrogen-bond acceptors (Lipinski definition) is 8. The normalized spacial score (nSPS) is 16.7. The van der Waals surface area contributed by atoms with Crippen molar-refractivity contribution in [3.63, 3.8) is 0 Å². The molecule has 134 valence electrons. The minimum Gasteiger partial charge on any atom is -0.381 e. The molecule has 1 N–H and O–H groups in total. The second-order valence-corrected chi connectivity index (χ2v) is 6.19. The van der Waals surface area contributed by atoms with Crippen LogP contribution in [-0.4, -0.2) is 44.9 Å². The molecule has 1 saturated heterocycles. The number of nitrogens with one attached hydrogen (secondary N) is 1. The Morgan fingerprint density at radius 3 is 3.00 bits per heavy atom. The SMILES string of the molecule is Cc1nc(NCCc2nc(-c3ccccn3)no2)cc(C2CCOC2)n1. The summed E-state index contributed by atoms with van der Waals surface area (Å²) in [5.74, 6) is 2.99. The first-order valence-electron chi connectivity index (χ1n) is 8.69. The van der Waals surface area contributed by atoms with Crippen molar-refractivity contribution < 1.29 is 9.26 Å². The molecule has 0 saturated carbocycles. The monoisotopic (exact) mass is 352 g/mol. The average Bonchev–Trinajstić information content (AvgIpc) is 3.34. The smallest absolute Gasteiger partial charge is 0.228 e. The summed E-state index contributed by atoms with van der Waals surface area (Å²) >= 11 is 0. The maximum atomic E-state index is 5.46. The summed E-state index contributed by atoms with van der Waals surface area (Å²) in [5.41, 5.74) is 1.73. The first kappa shape index (κ1) is 16.6. The lowest BCUT2D eigenvalue weighted by Gasteiger charge is -2.11. The summed E-state index contributed by atoms with van der Waals surface area (Å²) in [6.45, 7) is 4.07. The quantitative estimate of drug-likeness (QED) is 0.722. The molecule has 0 bridgehead atoms. The molecule has 1 aliphatic rings. The summed E-state index contributed by atoms with van der Waals surface area (Å²) in [7, 11) is 0. The van der Waals surface area contributed by atoms with E-state index in [1.165, 1.54) is 0 Å². The molecule has 3 aromatic heterocycles. The van der Waals surface area contributed by atoms with Crippen molar-refractivity contribution in [3.05, 3.63) is 47.9 Å². The van der Waals surface area contributed by atoms with Crippen LogP contribution in [0.15, 0.2) is 35.0 Å². The Hall–Kier alpha value is -2.87. The molecule has 0 amide bonds. The summed E-state index contributed by atoms with van der Waals surface area (Å²) in [5, 5.41) is 7.29. The Labute approximate surface area is 151 Å². The summed E-state index contributed by atoms with van der Waals surface area (Å²) < 4.78 is 10.8. The lowest BCUT2D eigenvalue weighted by molar-refractivity contribution is 0.193. The van der Waals surface area contributed by atoms with Gasteiger partial charge in [0.05, 0.1) is 12.3 Å². The fraction of sp³-hybridized carbons (Fsp3) is 0.389. The molecule has 0 aromatic carbocycles. The van der Waals surface area contributed by atoms with Gasteiger partial charge in [-0.1, -0.05) is 11.2 Å². The van der Waals surface area contributed by atoms with Gasteiger partial charge in [-0.2, -0.15) is 4.98 Å². The number of nitrogens with zero attached hydrogens (tertiary/aromatic N) is 5. The van der Waals surface area contributed by atoms with Crippen LogP contribution >= 0.6 is 0 Å². The number of aromatic nitrogens is 5. The van der Waals surface area contributed by atoms with E-state index in [-0.39, 0.29) is 0 Å². The third-order valence-electron chi connectivity index (χ3n) is 4.21. The van der Waals surface area contributed by atoms with E-state index < -0.39 is 0 Å². The third-order valence-corrected chi connectivity index (χ3v) is 4.21. The highest BCUT2D eigenvalue weighted by atomic mass is 16.5. The molecule has 0 aliphatic carbocycles. The van der Waals surface area contributed by atoms with E-state index in [1.54, 1.807) is 6.20 Å². The van der Waals surface area contributed by atoms with Crippen LogP contribution in [0.25, 0.3) is 11.5 Å². The van der Waals surface area contributed by atoms with Gasteiger partial charge >= 0.3 is 0 Å². The molecule has 4 heterocycles. The molecule has 1 unspecified atom stereocenters. The van der Waals surface area contributed by atoms with Crippen LogP contribution in [0.4, 0.5) is 5.82 Å². The topological polar surface area (TPSA) is 98.9 Å². The van der Waals surface area contributed by atoms with Crippen LogP contribution in [0.3, 0.4) is 0 Å². The van der Waals surface area contributed by atoms with Gasteiger partial charge in [0.1, 0.15) is 17.3 Å². The molecule has 0 spiro atoms. The maximum absolute atomic E-state index is 5.46. The third kappa shape index (κ3) is 3.85. The van der Waals surface area contributed by atoms with E-state index in [4.69, 9.17) is 9.26 Å². The van der Waals surface area contributed by atoms with Gasteiger partial charge in [0.15, 0.2) is 0 Å². The lowest BCUT2D eigenvalue weighted by Crippen LogP contribution is -2.10. The van der Waals surface area contributed by atoms with E-state index in [0.717, 1.165) is 37.0 Å². The van der Waals surface area contributed by atoms with Gasteiger partial charge < -0.3 is 14.6 Å². The second kappa shape index (κ2) is 7.57. The predicted molar refractivity (Wildman–Crippen MR) is 94.7 cm³/mol. The predicted octanol–water partition coefficient (Wildman–Crippen LogP) is 2.39. The number of aryl methyl sites for hydroxylation is 1. The average molecular weight is 352 g/mol. The standard InChI is InChI=1S/C18H20N6O2/c1-12-21-15(13-6-9-25-11-13)10-16(22-12)20-8-5-17-23-18(24-26-17)14-4-2-3-7-19-14/h2-4,7,10,13H,5-6,8-9,11H2,1H3,(H,20,21,22). The van der Waals surface area contributed by atoms with Gasteiger partial charge in [0.2, 0.25) is 11.7 Å². The van der Waals surface area contributed by atoms with Gasteiger partial charge in [0, 0.05) is 37.8 Å². The molecular formula is C18H20N6O2. The van der Waals surface area contributed by atoms with Crippen molar-refractivity contribution in [2.24, 2.45) is 0 Å². The zero-order chi connectivity index (χ0) is 17.8. The molecule has 4 rings (SSSR count). The van der Waals surface area contributed by atoms with Gasteiger partial charge in [-0.25, -0.2) is 9.97 Å². The number of hydrogen-bond donors (Lipinski definition) is 1. The van der Waals surface area contributed by atoms with Crippen LogP contribution < -0.4 is 5.32 Å². The number of anilines is 1. The van der Waals surface area contributed by atoms with Crippen molar-refractivity contribution in [3.8, 4) is 11.5 Å². The van der Waals surface area contributed by atoms with E-state index in [9.17, 15) is 0 Å². The van der Waals surface area contributed by atoms with Gasteiger partial charge in [-0.3, -0.25) is 4.98 Å². The highest BCUT2D eigenvalue weighted by Crippen LogP contribution is 2.25. The van der Waals surface area contributed by atoms with E-state index in [2.05, 4.69) is 30.4 Å². The van der Waals surface area contributed by atoms with Crippen molar-refractivity contribution in [2.45, 2.75) is 25.7 Å². The molecule has 0 radical (unpaired) electrons. The highest BCUT2D eigenvalue weighted by Gasteiger charge is 2.20. The fourth-order valence-electron chi connectivity index (χ4n) is 2.91. The number of ether oxygens (including phenoxy) is 1. The maximum Gasteiger partial charge on any atom is 0.228 e. The Balaban J connectivity index is 1.37. The Kier molecular flexibility index (Phi) is 4.83. The first-order chi connectivity index (χ1) is 12.8. The van der Waals surface area contributed by atoms with Crippen LogP contribution in [0.1, 0.15) is 29.7 Å². The first-order valence-corrected chi connectivity index (χ1v) is 8.69. The highest BCUT2D eigenvalue weighted by molar-refractivity contribution is 5.47. The molecule has 8 heteroatoms. The summed E-state index contributed by atoms with van der Waals surface area (Å²) in [4.78, 5) is 17.6. The molecule has 1 atom stereocenters. The number of rotatable bonds is 6. The molecule has 1 fully saturated rings. The van der Waals surface area contributed by atoms with E-state index >= 15 is 0 Å². The van der Waals surface area contributed by atoms with Gasteiger partial charge in [-0.15, -0.1) is 0 Å². The minimum absolute atomic E-state index is 0.356. The van der Waals surface area contributed by atoms with Crippen molar-refractivity contribution in [2.75, 3.05) is 25.1 Å².